The second-order valence-electron chi connectivity index (χ2n) is 33.2. The molecule has 0 unspecified atom stereocenters. The smallest absolute Gasteiger partial charge is 0.330 e. The number of amides is 8. The van der Waals surface area contributed by atoms with Gasteiger partial charge in [-0.2, -0.15) is 0 Å². The molecule has 0 spiro atoms. The van der Waals surface area contributed by atoms with Gasteiger partial charge in [0.2, 0.25) is 65.6 Å². The molecule has 44 heteroatoms. The highest BCUT2D eigenvalue weighted by molar-refractivity contribution is 6.32. The number of aliphatic hydroxyl groups is 10. The average Bonchev–Trinajstić information content (AvgIpc) is 0.748. The Labute approximate surface area is 759 Å². The van der Waals surface area contributed by atoms with Crippen LogP contribution in [0.2, 0.25) is 10.0 Å². The first-order valence-electron chi connectivity index (χ1n) is 42.0. The van der Waals surface area contributed by atoms with Gasteiger partial charge < -0.3 is 167 Å². The maximum Gasteiger partial charge on any atom is 0.330 e. The Balaban J connectivity index is 1.04. The predicted molar refractivity (Wildman–Crippen MR) is 453 cm³/mol. The minimum absolute atomic E-state index is 0.0267. The van der Waals surface area contributed by atoms with Crippen molar-refractivity contribution >= 4 is 76.4 Å². The summed E-state index contributed by atoms with van der Waals surface area (Å²) < 4.78 is 57.5. The van der Waals surface area contributed by atoms with E-state index >= 15 is 24.0 Å². The van der Waals surface area contributed by atoms with Crippen molar-refractivity contribution in [3.05, 3.63) is 164 Å². The predicted octanol–water partition coefficient (Wildman–Crippen LogP) is 1.02. The molecule has 42 nitrogen and oxygen atoms in total. The van der Waals surface area contributed by atoms with Crippen molar-refractivity contribution in [2.24, 2.45) is 11.7 Å². The Morgan fingerprint density at radius 1 is 0.500 bits per heavy atom. The number of phenolic OH excluding ortho intramolecular Hbond substituents is 4. The van der Waals surface area contributed by atoms with Gasteiger partial charge in [0, 0.05) is 48.6 Å². The number of carboxylic acids is 1. The van der Waals surface area contributed by atoms with E-state index in [0.717, 1.165) is 111 Å². The van der Waals surface area contributed by atoms with Gasteiger partial charge in [-0.3, -0.25) is 38.4 Å². The van der Waals surface area contributed by atoms with Gasteiger partial charge in [-0.05, 0) is 125 Å². The fourth-order valence-electron chi connectivity index (χ4n) is 16.5. The van der Waals surface area contributed by atoms with Gasteiger partial charge in [0.25, 0.3) is 0 Å². The molecule has 0 aromatic heterocycles. The number of phenols is 4. The topological polar surface area (TPSA) is 662 Å². The third-order valence-corrected chi connectivity index (χ3v) is 24.0. The molecule has 3 saturated heterocycles. The fourth-order valence-corrected chi connectivity index (χ4v) is 16.9. The zero-order chi connectivity index (χ0) is 94.9. The highest BCUT2D eigenvalue weighted by Crippen LogP contribution is 2.51. The molecule has 9 aliphatic rings. The zero-order valence-corrected chi connectivity index (χ0v) is 71.8. The van der Waals surface area contributed by atoms with Crippen LogP contribution in [0.5, 0.6) is 69.0 Å². The van der Waals surface area contributed by atoms with Gasteiger partial charge in [0.05, 0.1) is 29.9 Å². The van der Waals surface area contributed by atoms with E-state index < -0.39 is 316 Å². The van der Waals surface area contributed by atoms with Gasteiger partial charge >= 0.3 is 5.97 Å². The third kappa shape index (κ3) is 20.7. The number of fused-ring (bicyclic) bond motifs is 14. The number of nitrogens with two attached hydrogens (primary N) is 1. The number of carbonyl (C=O) groups is 9. The van der Waals surface area contributed by atoms with Crippen molar-refractivity contribution in [1.29, 1.82) is 0 Å². The largest absolute Gasteiger partial charge is 0.508 e. The van der Waals surface area contributed by atoms with E-state index in [0.29, 0.717) is 18.8 Å². The van der Waals surface area contributed by atoms with Gasteiger partial charge in [-0.25, -0.2) is 4.79 Å². The van der Waals surface area contributed by atoms with E-state index in [2.05, 4.69) is 56.4 Å². The average molecular weight is 1880 g/mol. The van der Waals surface area contributed by atoms with Crippen molar-refractivity contribution in [2.45, 2.75) is 206 Å². The number of unbranched alkanes of at least 4 members (excludes halogenated alkanes) is 3. The monoisotopic (exact) mass is 1880 g/mol. The van der Waals surface area contributed by atoms with Crippen LogP contribution in [0.4, 0.5) is 0 Å². The first kappa shape index (κ1) is 96.0. The summed E-state index contributed by atoms with van der Waals surface area (Å²) in [5, 5.41) is 190. The Hall–Kier alpha value is -12.0. The SMILES string of the molecule is CC(=O)N[C@H]1[C@H](O[C@@H]2c3ccc(c(Cl)c3)Oc3cc4cc(c3O[C@@H]3O[C@H](CO)[C@@H](O)[C@H](O)[C@H]3NC(=O)CCCCCCC(C)C)Oc3ccc(cc3Cl)C[C@@H]3NC(=O)[C@H](N)c5ccc(O)c(c5)Oc5cc(O)cc(c5)[C@@H](NC3=O)C(=O)N[C@H]4C(=O)N[C@H]3C(=O)N[C@@H]2C(=O)N[C@H](C(=O)O)c2cc(O)cc(O[C@H]4O[C@H](CO)[C@@H](O)[C@H](O)[C@@H]4O)c2-c2cc3ccc2O)O[C@H](CO)[C@@H](O)[C@@H]1O. The summed E-state index contributed by atoms with van der Waals surface area (Å²) in [5.74, 6) is -19.2. The van der Waals surface area contributed by atoms with Crippen molar-refractivity contribution in [1.82, 2.24) is 42.5 Å². The molecule has 9 aliphatic heterocycles. The Morgan fingerprint density at radius 3 is 1.68 bits per heavy atom. The van der Waals surface area contributed by atoms with E-state index in [1.165, 1.54) is 30.3 Å². The molecule has 8 amide bonds. The molecule has 16 rings (SSSR count). The minimum Gasteiger partial charge on any atom is -0.508 e. The lowest BCUT2D eigenvalue weighted by Gasteiger charge is -2.44. The number of carbonyl (C=O) groups excluding carboxylic acids is 8. The van der Waals surface area contributed by atoms with Crippen LogP contribution < -0.4 is 72.0 Å². The van der Waals surface area contributed by atoms with Crippen LogP contribution in [0.15, 0.2) is 115 Å². The maximum absolute atomic E-state index is 17.0. The van der Waals surface area contributed by atoms with Crippen LogP contribution >= 0.6 is 23.2 Å². The number of aromatic hydroxyl groups is 4. The number of nitrogens with one attached hydrogen (secondary N) is 8. The van der Waals surface area contributed by atoms with Crippen molar-refractivity contribution < 1.29 is 162 Å². The minimum atomic E-state index is -2.59. The van der Waals surface area contributed by atoms with Gasteiger partial charge in [0.15, 0.2) is 35.3 Å². The number of rotatable bonds is 19. The number of benzene rings is 7. The number of hydrogen-bond acceptors (Lipinski definition) is 33. The molecular weight excluding hydrogens is 1780 g/mol. The summed E-state index contributed by atoms with van der Waals surface area (Å²) >= 11 is 14.7. The quantitative estimate of drug-likeness (QED) is 0.0503. The fraction of sp³-hybridized carbons (Fsp3) is 0.420. The van der Waals surface area contributed by atoms with Gasteiger partial charge in [-0.15, -0.1) is 0 Å². The van der Waals surface area contributed by atoms with Crippen LogP contribution in [-0.2, 0) is 68.5 Å². The number of aliphatic carboxylic acids is 1. The van der Waals surface area contributed by atoms with E-state index in [1.807, 2.05) is 0 Å². The van der Waals surface area contributed by atoms with E-state index in [1.54, 1.807) is 0 Å². The summed E-state index contributed by atoms with van der Waals surface area (Å²) in [7, 11) is 0. The maximum atomic E-state index is 17.0. The van der Waals surface area contributed by atoms with Crippen LogP contribution in [0.25, 0.3) is 11.1 Å². The molecule has 706 valence electrons. The molecule has 7 aromatic rings. The Bertz CT molecular complexity index is 5560. The lowest BCUT2D eigenvalue weighted by molar-refractivity contribution is -0.284. The summed E-state index contributed by atoms with van der Waals surface area (Å²) in [6, 6.07) is 0.658. The number of ether oxygens (including phenoxy) is 9. The molecule has 17 bridgehead atoms. The highest BCUT2D eigenvalue weighted by atomic mass is 35.5. The van der Waals surface area contributed by atoms with Crippen LogP contribution in [0.1, 0.15) is 135 Å². The molecule has 0 aliphatic carbocycles. The second kappa shape index (κ2) is 40.6. The molecular formula is C88H97Cl2N9O33. The van der Waals surface area contributed by atoms with Crippen LogP contribution in [0.3, 0.4) is 0 Å². The normalized spacial score (nSPS) is 28.9. The summed E-state index contributed by atoms with van der Waals surface area (Å²) in [6.07, 6.45) is -25.9. The Morgan fingerprint density at radius 2 is 1.05 bits per heavy atom. The lowest BCUT2D eigenvalue weighted by Crippen LogP contribution is -2.65. The lowest BCUT2D eigenvalue weighted by atomic mass is 9.89. The zero-order valence-electron chi connectivity index (χ0n) is 70.3. The molecule has 23 atom stereocenters. The molecule has 25 N–H and O–H groups in total. The highest BCUT2D eigenvalue weighted by Gasteiger charge is 2.52. The van der Waals surface area contributed by atoms with Gasteiger partial charge in [-0.1, -0.05) is 87.0 Å². The van der Waals surface area contributed by atoms with Crippen LogP contribution in [-0.4, -0.2) is 254 Å². The first-order chi connectivity index (χ1) is 62.9. The number of hydrogen-bond donors (Lipinski definition) is 24. The molecule has 0 saturated carbocycles. The van der Waals surface area contributed by atoms with Crippen molar-refractivity contribution in [2.75, 3.05) is 19.8 Å². The van der Waals surface area contributed by atoms with E-state index in [4.69, 9.17) is 71.6 Å². The summed E-state index contributed by atoms with van der Waals surface area (Å²) in [5.41, 5.74) is 2.79. The number of aliphatic hydroxyl groups excluding tert-OH is 10. The molecule has 9 heterocycles. The van der Waals surface area contributed by atoms with Crippen LogP contribution in [0, 0.1) is 5.92 Å². The molecule has 0 radical (unpaired) electrons. The van der Waals surface area contributed by atoms with Crippen molar-refractivity contribution in [3.8, 4) is 80.1 Å². The molecule has 7 aromatic carbocycles. The third-order valence-electron chi connectivity index (χ3n) is 23.4. The van der Waals surface area contributed by atoms with E-state index in [9.17, 15) is 95.8 Å². The molecule has 132 heavy (non-hydrogen) atoms. The Kier molecular flexibility index (Phi) is 29.5. The van der Waals surface area contributed by atoms with Gasteiger partial charge in [0.1, 0.15) is 156 Å². The number of carboxylic acid groups (broad SMARTS) is 1. The molecule has 3 fully saturated rings. The van der Waals surface area contributed by atoms with Crippen molar-refractivity contribution in [3.63, 3.8) is 0 Å². The summed E-state index contributed by atoms with van der Waals surface area (Å²) in [6.45, 7) is 1.97. The number of halogens is 2. The second-order valence-corrected chi connectivity index (χ2v) is 34.0. The van der Waals surface area contributed by atoms with E-state index in [-0.39, 0.29) is 39.8 Å². The summed E-state index contributed by atoms with van der Waals surface area (Å²) in [4.78, 5) is 138. The standard InChI is InChI=1S/C88H97Cl2N9O33/c1-33(2)8-6-4-5-7-9-60(108)94-68-74(113)71(110)58(31-101)129-87(68)132-78-55-25-40-26-56(78)126-52-17-13-38(23-47(52)90)77(131-86-67(92-34(3)103)73(112)70(109)57(30-100)128-86)69-84(121)98-66(85(122)123)45-28-42(105)29-54(127-88-76(115)75(114)72(111)59(32-102)130-88)61(45)44-22-37(12-14-49(44)106)63(81(118)99-69)96-83(120)65(40)97-82(119)64-39-20-41(104)27-43(21-39)124-53-24-36(11-15-50(53)107)62(91)80(117)93-48(79(116)95-64)19-35-10-16-51(125-55)46(89)18-35/h10-18,20-29,33,48,57-59,62-77,86-88,100-102,104-107,109-115H,4-9,19,30-32,91H2,1-3H3,(H,92,103)(H,93,117)(H,94,108)(H,95,116)(H,96,120)(H,97,119)(H,98,121)(H,99,118)(H,122,123)/t48-,57+,58+,59+,62+,63+,64+,65+,66-,67+,68+,69-,70+,71+,72+,73+,74+,75-,76-,77+,86-,87-,88-/m0/s1. The first-order valence-corrected chi connectivity index (χ1v) is 42.7.